The highest BCUT2D eigenvalue weighted by Crippen LogP contribution is 2.59. The Bertz CT molecular complexity index is 753. The van der Waals surface area contributed by atoms with Gasteiger partial charge < -0.3 is 15.3 Å². The number of aliphatic hydroxyl groups is 3. The van der Waals surface area contributed by atoms with Gasteiger partial charge in [-0.05, 0) is 86.7 Å². The first-order chi connectivity index (χ1) is 14.4. The molecule has 174 valence electrons. The van der Waals surface area contributed by atoms with Crippen LogP contribution < -0.4 is 0 Å². The van der Waals surface area contributed by atoms with E-state index in [1.54, 1.807) is 0 Å². The second-order valence-electron chi connectivity index (χ2n) is 11.4. The molecule has 1 unspecified atom stereocenters. The number of aliphatic hydroxyl groups excluding tert-OH is 2. The molecule has 0 radical (unpaired) electrons. The van der Waals surface area contributed by atoms with Crippen molar-refractivity contribution in [2.24, 2.45) is 29.1 Å². The van der Waals surface area contributed by atoms with Crippen molar-refractivity contribution < 1.29 is 15.3 Å². The highest BCUT2D eigenvalue weighted by Gasteiger charge is 2.50. The summed E-state index contributed by atoms with van der Waals surface area (Å²) in [5.41, 5.74) is 2.93. The Kier molecular flexibility index (Phi) is 7.40. The Morgan fingerprint density at radius 3 is 2.52 bits per heavy atom. The summed E-state index contributed by atoms with van der Waals surface area (Å²) in [7, 11) is 0. The van der Waals surface area contributed by atoms with Crippen LogP contribution in [0.15, 0.2) is 47.6 Å². The summed E-state index contributed by atoms with van der Waals surface area (Å²) in [6.45, 7) is 14.7. The van der Waals surface area contributed by atoms with Crippen LogP contribution in [0.5, 0.6) is 0 Å². The third-order valence-electron chi connectivity index (χ3n) is 8.75. The second kappa shape index (κ2) is 9.37. The maximum Gasteiger partial charge on any atom is 0.0811 e. The van der Waals surface area contributed by atoms with Crippen LogP contribution in [-0.4, -0.2) is 33.1 Å². The first kappa shape index (κ1) is 24.5. The summed E-state index contributed by atoms with van der Waals surface area (Å²) < 4.78 is 0. The predicted molar refractivity (Wildman–Crippen MR) is 128 cm³/mol. The summed E-state index contributed by atoms with van der Waals surface area (Å²) in [5, 5.41) is 30.4. The molecule has 3 aliphatic carbocycles. The lowest BCUT2D eigenvalue weighted by Gasteiger charge is -2.44. The Labute approximate surface area is 189 Å². The van der Waals surface area contributed by atoms with Crippen LogP contribution in [0.25, 0.3) is 0 Å². The topological polar surface area (TPSA) is 60.7 Å². The molecule has 7 atom stereocenters. The van der Waals surface area contributed by atoms with Crippen LogP contribution in [0.3, 0.4) is 0 Å². The molecule has 0 aromatic rings. The number of rotatable bonds is 5. The summed E-state index contributed by atoms with van der Waals surface area (Å²) in [5.74, 6) is 1.91. The van der Waals surface area contributed by atoms with Gasteiger partial charge in [-0.1, -0.05) is 57.2 Å². The number of hydrogen-bond acceptors (Lipinski definition) is 3. The monoisotopic (exact) mass is 428 g/mol. The maximum atomic E-state index is 10.3. The zero-order valence-corrected chi connectivity index (χ0v) is 20.3. The zero-order valence-electron chi connectivity index (χ0n) is 20.3. The summed E-state index contributed by atoms with van der Waals surface area (Å²) >= 11 is 0. The fraction of sp³-hybridized carbons (Fsp3) is 0.714. The van der Waals surface area contributed by atoms with Crippen molar-refractivity contribution in [3.63, 3.8) is 0 Å². The minimum Gasteiger partial charge on any atom is -0.393 e. The van der Waals surface area contributed by atoms with E-state index >= 15 is 0 Å². The third kappa shape index (κ3) is 5.26. The van der Waals surface area contributed by atoms with Crippen molar-refractivity contribution in [1.82, 2.24) is 0 Å². The van der Waals surface area contributed by atoms with E-state index in [2.05, 4.69) is 51.7 Å². The van der Waals surface area contributed by atoms with Crippen molar-refractivity contribution in [3.8, 4) is 0 Å². The van der Waals surface area contributed by atoms with Crippen LogP contribution in [0.2, 0.25) is 0 Å². The molecule has 0 saturated heterocycles. The molecule has 31 heavy (non-hydrogen) atoms. The molecule has 3 N–H and O–H groups in total. The molecule has 0 aromatic carbocycles. The number of fused-ring (bicyclic) bond motifs is 1. The lowest BCUT2D eigenvalue weighted by atomic mass is 9.61. The number of hydrogen-bond donors (Lipinski definition) is 3. The normalized spacial score (nSPS) is 39.3. The first-order valence-electron chi connectivity index (χ1n) is 12.3. The standard InChI is InChI=1S/C28H44O3/c1-18(9-10-19(2)27(4,5)31)24-13-14-25-21(8-7-15-28(24,25)6)11-12-22-16-23(29)17-26(30)20(22)3/h9-12,18-19,23-26,29-31H,3,7-8,13-17H2,1-2,4-6H3/t18-,19+,23-,24-,25?,26+,28-/m1/s1. The first-order valence-corrected chi connectivity index (χ1v) is 12.3. The van der Waals surface area contributed by atoms with E-state index in [4.69, 9.17) is 0 Å². The van der Waals surface area contributed by atoms with Gasteiger partial charge in [0, 0.05) is 12.3 Å². The van der Waals surface area contributed by atoms with Gasteiger partial charge >= 0.3 is 0 Å². The van der Waals surface area contributed by atoms with Gasteiger partial charge in [0.15, 0.2) is 0 Å². The molecule has 3 aliphatic rings. The van der Waals surface area contributed by atoms with Gasteiger partial charge in [-0.15, -0.1) is 0 Å². The fourth-order valence-corrected chi connectivity index (χ4v) is 6.32. The SMILES string of the molecule is C=C1C(=CC=C2CCC[C@@]3(C)C2CC[C@@H]3[C@H](C)C=C[C@H](C)C(C)(C)O)C[C@@H](O)C[C@@H]1O. The van der Waals surface area contributed by atoms with E-state index < -0.39 is 17.8 Å². The minimum absolute atomic E-state index is 0.141. The van der Waals surface area contributed by atoms with E-state index in [-0.39, 0.29) is 5.92 Å². The zero-order chi connectivity index (χ0) is 23.0. The molecule has 3 nitrogen and oxygen atoms in total. The highest BCUT2D eigenvalue weighted by molar-refractivity contribution is 5.38. The molecule has 0 amide bonds. The molecule has 0 aromatic heterocycles. The van der Waals surface area contributed by atoms with Crippen LogP contribution in [-0.2, 0) is 0 Å². The van der Waals surface area contributed by atoms with Crippen LogP contribution >= 0.6 is 0 Å². The Balaban J connectivity index is 1.76. The molecule has 3 saturated carbocycles. The van der Waals surface area contributed by atoms with E-state index in [9.17, 15) is 15.3 Å². The van der Waals surface area contributed by atoms with E-state index in [1.807, 2.05) is 13.8 Å². The van der Waals surface area contributed by atoms with Crippen LogP contribution in [0, 0.1) is 29.1 Å². The van der Waals surface area contributed by atoms with Gasteiger partial charge in [0.1, 0.15) is 0 Å². The summed E-state index contributed by atoms with van der Waals surface area (Å²) in [6, 6.07) is 0. The van der Waals surface area contributed by atoms with Crippen LogP contribution in [0.4, 0.5) is 0 Å². The quantitative estimate of drug-likeness (QED) is 0.490. The smallest absolute Gasteiger partial charge is 0.0811 e. The summed E-state index contributed by atoms with van der Waals surface area (Å²) in [6.07, 6.45) is 15.0. The largest absolute Gasteiger partial charge is 0.393 e. The van der Waals surface area contributed by atoms with E-state index in [0.29, 0.717) is 36.0 Å². The van der Waals surface area contributed by atoms with Crippen molar-refractivity contribution in [2.45, 2.75) is 97.4 Å². The van der Waals surface area contributed by atoms with Gasteiger partial charge in [0.2, 0.25) is 0 Å². The Morgan fingerprint density at radius 2 is 1.84 bits per heavy atom. The van der Waals surface area contributed by atoms with Crippen molar-refractivity contribution in [3.05, 3.63) is 47.6 Å². The van der Waals surface area contributed by atoms with Gasteiger partial charge in [0.05, 0.1) is 17.8 Å². The van der Waals surface area contributed by atoms with Crippen molar-refractivity contribution in [2.75, 3.05) is 0 Å². The maximum absolute atomic E-state index is 10.3. The van der Waals surface area contributed by atoms with Gasteiger partial charge in [0.25, 0.3) is 0 Å². The van der Waals surface area contributed by atoms with Crippen molar-refractivity contribution >= 4 is 0 Å². The van der Waals surface area contributed by atoms with Crippen molar-refractivity contribution in [1.29, 1.82) is 0 Å². The second-order valence-corrected chi connectivity index (χ2v) is 11.4. The van der Waals surface area contributed by atoms with E-state index in [1.165, 1.54) is 31.3 Å². The molecule has 0 aliphatic heterocycles. The molecule has 0 heterocycles. The minimum atomic E-state index is -0.684. The Hall–Kier alpha value is -1.16. The molecule has 0 spiro atoms. The van der Waals surface area contributed by atoms with Gasteiger partial charge in [-0.3, -0.25) is 0 Å². The lowest BCUT2D eigenvalue weighted by molar-refractivity contribution is 0.0436. The average Bonchev–Trinajstić information content (AvgIpc) is 3.04. The fourth-order valence-electron chi connectivity index (χ4n) is 6.32. The molecule has 3 heteroatoms. The lowest BCUT2D eigenvalue weighted by Crippen LogP contribution is -2.35. The molecular formula is C28H44O3. The molecule has 3 rings (SSSR count). The Morgan fingerprint density at radius 1 is 1.13 bits per heavy atom. The third-order valence-corrected chi connectivity index (χ3v) is 8.75. The predicted octanol–water partition coefficient (Wildman–Crippen LogP) is 5.73. The highest BCUT2D eigenvalue weighted by atomic mass is 16.3. The molecule has 0 bridgehead atoms. The van der Waals surface area contributed by atoms with E-state index in [0.717, 1.165) is 17.6 Å². The molecular weight excluding hydrogens is 384 g/mol. The van der Waals surface area contributed by atoms with Gasteiger partial charge in [-0.25, -0.2) is 0 Å². The van der Waals surface area contributed by atoms with Gasteiger partial charge in [-0.2, -0.15) is 0 Å². The average molecular weight is 429 g/mol. The molecule has 3 fully saturated rings. The number of allylic oxidation sites excluding steroid dienone is 4. The summed E-state index contributed by atoms with van der Waals surface area (Å²) in [4.78, 5) is 0. The van der Waals surface area contributed by atoms with Crippen LogP contribution in [0.1, 0.15) is 79.6 Å².